The molecule has 86 valence electrons. The second kappa shape index (κ2) is 6.86. The zero-order valence-corrected chi connectivity index (χ0v) is 9.42. The zero-order chi connectivity index (χ0) is 11.8. The molecule has 0 saturated heterocycles. The highest BCUT2D eigenvalue weighted by Crippen LogP contribution is 2.17. The van der Waals surface area contributed by atoms with Gasteiger partial charge in [-0.2, -0.15) is 0 Å². The van der Waals surface area contributed by atoms with Crippen LogP contribution < -0.4 is 10.5 Å². The standard InChI is InChI=1S/C13H16FNO/c1-16-13-8-7-12(14)10-11(13)6-4-2-3-5-9-15/h7-8,10H,2-3,5,9,15H2,1H3. The van der Waals surface area contributed by atoms with Gasteiger partial charge in [0.15, 0.2) is 0 Å². The van der Waals surface area contributed by atoms with E-state index in [2.05, 4.69) is 11.8 Å². The van der Waals surface area contributed by atoms with Crippen LogP contribution in [-0.4, -0.2) is 13.7 Å². The molecule has 2 nitrogen and oxygen atoms in total. The number of methoxy groups -OCH3 is 1. The number of benzene rings is 1. The van der Waals surface area contributed by atoms with E-state index in [-0.39, 0.29) is 5.82 Å². The number of nitrogens with two attached hydrogens (primary N) is 1. The van der Waals surface area contributed by atoms with Crippen LogP contribution in [-0.2, 0) is 0 Å². The van der Waals surface area contributed by atoms with E-state index < -0.39 is 0 Å². The first-order valence-corrected chi connectivity index (χ1v) is 5.30. The van der Waals surface area contributed by atoms with Crippen LogP contribution in [0.4, 0.5) is 4.39 Å². The van der Waals surface area contributed by atoms with Gasteiger partial charge in [0, 0.05) is 6.42 Å². The summed E-state index contributed by atoms with van der Waals surface area (Å²) in [6.45, 7) is 0.685. The summed E-state index contributed by atoms with van der Waals surface area (Å²) < 4.78 is 18.1. The molecule has 0 aliphatic carbocycles. The minimum absolute atomic E-state index is 0.299. The maximum absolute atomic E-state index is 13.0. The molecule has 0 fully saturated rings. The summed E-state index contributed by atoms with van der Waals surface area (Å²) in [6.07, 6.45) is 2.72. The molecule has 0 aromatic heterocycles. The molecule has 0 heterocycles. The molecular weight excluding hydrogens is 205 g/mol. The van der Waals surface area contributed by atoms with Crippen molar-refractivity contribution in [1.82, 2.24) is 0 Å². The van der Waals surface area contributed by atoms with E-state index in [1.54, 1.807) is 13.2 Å². The molecule has 0 unspecified atom stereocenters. The highest BCUT2D eigenvalue weighted by Gasteiger charge is 2.00. The Morgan fingerprint density at radius 3 is 2.88 bits per heavy atom. The lowest BCUT2D eigenvalue weighted by Crippen LogP contribution is -1.97. The van der Waals surface area contributed by atoms with Crippen molar-refractivity contribution in [3.8, 4) is 17.6 Å². The molecule has 3 heteroatoms. The van der Waals surface area contributed by atoms with Crippen LogP contribution in [0.2, 0.25) is 0 Å². The predicted molar refractivity (Wildman–Crippen MR) is 62.7 cm³/mol. The molecule has 1 rings (SSSR count). The maximum Gasteiger partial charge on any atom is 0.134 e. The SMILES string of the molecule is COc1ccc(F)cc1C#CCCCCN. The van der Waals surface area contributed by atoms with Crippen LogP contribution >= 0.6 is 0 Å². The second-order valence-electron chi connectivity index (χ2n) is 3.39. The smallest absolute Gasteiger partial charge is 0.134 e. The molecule has 0 atom stereocenters. The van der Waals surface area contributed by atoms with Crippen LogP contribution in [0.3, 0.4) is 0 Å². The summed E-state index contributed by atoms with van der Waals surface area (Å²) in [6, 6.07) is 4.33. The molecule has 2 N–H and O–H groups in total. The first-order valence-electron chi connectivity index (χ1n) is 5.30. The molecule has 0 aliphatic rings. The molecule has 16 heavy (non-hydrogen) atoms. The first kappa shape index (κ1) is 12.5. The van der Waals surface area contributed by atoms with E-state index in [0.717, 1.165) is 19.3 Å². The fourth-order valence-corrected chi connectivity index (χ4v) is 1.29. The van der Waals surface area contributed by atoms with Gasteiger partial charge in [0.05, 0.1) is 12.7 Å². The van der Waals surface area contributed by atoms with Gasteiger partial charge in [-0.1, -0.05) is 11.8 Å². The average Bonchev–Trinajstić information content (AvgIpc) is 2.29. The van der Waals surface area contributed by atoms with Crippen molar-refractivity contribution in [3.63, 3.8) is 0 Å². The van der Waals surface area contributed by atoms with Crippen molar-refractivity contribution in [2.75, 3.05) is 13.7 Å². The molecule has 0 saturated carbocycles. The minimum atomic E-state index is -0.299. The van der Waals surface area contributed by atoms with Gasteiger partial charge in [0.1, 0.15) is 11.6 Å². The number of ether oxygens (including phenoxy) is 1. The average molecular weight is 221 g/mol. The van der Waals surface area contributed by atoms with Crippen molar-refractivity contribution in [1.29, 1.82) is 0 Å². The summed E-state index contributed by atoms with van der Waals surface area (Å²) in [4.78, 5) is 0. The number of unbranched alkanes of at least 4 members (excludes halogenated alkanes) is 2. The van der Waals surface area contributed by atoms with Gasteiger partial charge >= 0.3 is 0 Å². The lowest BCUT2D eigenvalue weighted by atomic mass is 10.2. The number of hydrogen-bond donors (Lipinski definition) is 1. The van der Waals surface area contributed by atoms with Crippen molar-refractivity contribution in [2.45, 2.75) is 19.3 Å². The highest BCUT2D eigenvalue weighted by molar-refractivity contribution is 5.46. The highest BCUT2D eigenvalue weighted by atomic mass is 19.1. The lowest BCUT2D eigenvalue weighted by Gasteiger charge is -2.02. The molecule has 1 aromatic rings. The molecule has 0 amide bonds. The fraction of sp³-hybridized carbons (Fsp3) is 0.385. The number of rotatable bonds is 4. The summed E-state index contributed by atoms with van der Waals surface area (Å²) >= 11 is 0. The van der Waals surface area contributed by atoms with E-state index >= 15 is 0 Å². The number of halogens is 1. The molecular formula is C13H16FNO. The van der Waals surface area contributed by atoms with E-state index in [1.165, 1.54) is 12.1 Å². The Morgan fingerprint density at radius 1 is 1.38 bits per heavy atom. The monoisotopic (exact) mass is 221 g/mol. The maximum atomic E-state index is 13.0. The summed E-state index contributed by atoms with van der Waals surface area (Å²) in [5, 5.41) is 0. The van der Waals surface area contributed by atoms with Gasteiger partial charge in [0.25, 0.3) is 0 Å². The minimum Gasteiger partial charge on any atom is -0.495 e. The van der Waals surface area contributed by atoms with Crippen molar-refractivity contribution < 1.29 is 9.13 Å². The Kier molecular flexibility index (Phi) is 5.38. The molecule has 0 spiro atoms. The Labute approximate surface area is 95.6 Å². The topological polar surface area (TPSA) is 35.2 Å². The third-order valence-electron chi connectivity index (χ3n) is 2.14. The Bertz CT molecular complexity index is 393. The van der Waals surface area contributed by atoms with E-state index in [0.29, 0.717) is 17.9 Å². The van der Waals surface area contributed by atoms with E-state index in [1.807, 2.05) is 0 Å². The quantitative estimate of drug-likeness (QED) is 0.625. The summed E-state index contributed by atoms with van der Waals surface area (Å²) in [5.41, 5.74) is 5.96. The molecule has 0 bridgehead atoms. The summed E-state index contributed by atoms with van der Waals surface area (Å²) in [5.74, 6) is 6.20. The first-order chi connectivity index (χ1) is 7.77. The Balaban J connectivity index is 2.67. The normalized spacial score (nSPS) is 9.44. The lowest BCUT2D eigenvalue weighted by molar-refractivity contribution is 0.412. The molecule has 1 aromatic carbocycles. The predicted octanol–water partition coefficient (Wildman–Crippen LogP) is 2.31. The van der Waals surface area contributed by atoms with Crippen LogP contribution in [0.15, 0.2) is 18.2 Å². The molecule has 0 radical (unpaired) electrons. The van der Waals surface area contributed by atoms with E-state index in [9.17, 15) is 4.39 Å². The van der Waals surface area contributed by atoms with Gasteiger partial charge in [-0.05, 0) is 37.6 Å². The van der Waals surface area contributed by atoms with Crippen molar-refractivity contribution >= 4 is 0 Å². The van der Waals surface area contributed by atoms with Gasteiger partial charge in [-0.15, -0.1) is 0 Å². The van der Waals surface area contributed by atoms with Gasteiger partial charge < -0.3 is 10.5 Å². The van der Waals surface area contributed by atoms with Gasteiger partial charge in [0.2, 0.25) is 0 Å². The van der Waals surface area contributed by atoms with Crippen LogP contribution in [0.5, 0.6) is 5.75 Å². The number of hydrogen-bond acceptors (Lipinski definition) is 2. The van der Waals surface area contributed by atoms with Gasteiger partial charge in [-0.3, -0.25) is 0 Å². The largest absolute Gasteiger partial charge is 0.495 e. The Morgan fingerprint density at radius 2 is 2.19 bits per heavy atom. The van der Waals surface area contributed by atoms with Crippen LogP contribution in [0, 0.1) is 17.7 Å². The second-order valence-corrected chi connectivity index (χ2v) is 3.39. The van der Waals surface area contributed by atoms with Crippen molar-refractivity contribution in [2.24, 2.45) is 5.73 Å². The fourth-order valence-electron chi connectivity index (χ4n) is 1.29. The summed E-state index contributed by atoms with van der Waals surface area (Å²) in [7, 11) is 1.55. The molecule has 0 aliphatic heterocycles. The Hall–Kier alpha value is -1.53. The zero-order valence-electron chi connectivity index (χ0n) is 9.42. The van der Waals surface area contributed by atoms with Crippen LogP contribution in [0.25, 0.3) is 0 Å². The van der Waals surface area contributed by atoms with Gasteiger partial charge in [-0.25, -0.2) is 4.39 Å². The third-order valence-corrected chi connectivity index (χ3v) is 2.14. The van der Waals surface area contributed by atoms with Crippen LogP contribution in [0.1, 0.15) is 24.8 Å². The van der Waals surface area contributed by atoms with E-state index in [4.69, 9.17) is 10.5 Å². The third kappa shape index (κ3) is 3.92. The van der Waals surface area contributed by atoms with Crippen molar-refractivity contribution in [3.05, 3.63) is 29.6 Å².